The van der Waals surface area contributed by atoms with Gasteiger partial charge in [0.05, 0.1) is 19.6 Å². The first-order valence-electron chi connectivity index (χ1n) is 19.0. The number of carbonyl (C=O) groups is 8. The average molecular weight is 755 g/mol. The summed E-state index contributed by atoms with van der Waals surface area (Å²) in [5.74, 6) is -2.79. The molecule has 3 atom stereocenters. The number of Topliss-reactive ketones (excluding diaryl/α,β-unsaturated/α-hetero) is 1. The zero-order chi connectivity index (χ0) is 39.8. The minimum absolute atomic E-state index is 0.0338. The molecule has 2 aliphatic rings. The van der Waals surface area contributed by atoms with Crippen LogP contribution in [0.4, 0.5) is 0 Å². The predicted molar refractivity (Wildman–Crippen MR) is 199 cm³/mol. The van der Waals surface area contributed by atoms with Gasteiger partial charge in [0.25, 0.3) is 0 Å². The number of nitrogens with zero attached hydrogens (tertiary/aromatic N) is 1. The van der Waals surface area contributed by atoms with Crippen LogP contribution < -0.4 is 26.6 Å². The van der Waals surface area contributed by atoms with Crippen molar-refractivity contribution in [2.45, 2.75) is 105 Å². The quantitative estimate of drug-likeness (QED) is 0.0623. The van der Waals surface area contributed by atoms with Crippen LogP contribution in [0.25, 0.3) is 0 Å². The Labute approximate surface area is 317 Å². The van der Waals surface area contributed by atoms with Crippen LogP contribution >= 0.6 is 0 Å². The standard InChI is InChI=1S/C39H58N6O9/c1-25(2)28-20-35(50)45(38(28)53)17-11-7-10-14-31(46)40-21-32(47)41-23-34(49)44-29(18-26-12-8-6-9-13-26)37(52)42-22-33(48)43-24-54-30(19-27-15-16-27)36(51)39(3,4)5/h6,8-9,12-13,25,27-30H,7,10-11,14-24H2,1-5H3,(H,40,46)(H,41,47)(H,42,52)(H,43,48)(H,44,49)/t28?,29-,30-/m0/s1. The minimum atomic E-state index is -1.06. The predicted octanol–water partition coefficient (Wildman–Crippen LogP) is 1.53. The van der Waals surface area contributed by atoms with Crippen molar-refractivity contribution in [2.24, 2.45) is 23.2 Å². The van der Waals surface area contributed by atoms with E-state index in [0.717, 1.165) is 18.4 Å². The second-order valence-corrected chi connectivity index (χ2v) is 15.5. The van der Waals surface area contributed by atoms with Crippen molar-refractivity contribution in [2.75, 3.05) is 32.9 Å². The summed E-state index contributed by atoms with van der Waals surface area (Å²) in [6, 6.07) is 7.90. The molecule has 1 saturated carbocycles. The lowest BCUT2D eigenvalue weighted by Gasteiger charge is -2.25. The van der Waals surface area contributed by atoms with Crippen LogP contribution in [0, 0.1) is 23.2 Å². The monoisotopic (exact) mass is 754 g/mol. The first kappa shape index (κ1) is 43.7. The van der Waals surface area contributed by atoms with E-state index in [1.807, 2.05) is 40.7 Å². The maximum absolute atomic E-state index is 13.1. The summed E-state index contributed by atoms with van der Waals surface area (Å²) in [4.78, 5) is 102. The van der Waals surface area contributed by atoms with Gasteiger partial charge in [-0.1, -0.05) is 84.2 Å². The third kappa shape index (κ3) is 15.4. The minimum Gasteiger partial charge on any atom is -0.350 e. The van der Waals surface area contributed by atoms with E-state index in [9.17, 15) is 38.4 Å². The smallest absolute Gasteiger partial charge is 0.243 e. The highest BCUT2D eigenvalue weighted by Gasteiger charge is 2.39. The van der Waals surface area contributed by atoms with Crippen LogP contribution in [0.3, 0.4) is 0 Å². The Morgan fingerprint density at radius 3 is 2.07 bits per heavy atom. The average Bonchev–Trinajstić information content (AvgIpc) is 3.90. The van der Waals surface area contributed by atoms with E-state index in [1.165, 1.54) is 4.90 Å². The molecule has 15 nitrogen and oxygen atoms in total. The number of unbranched alkanes of at least 4 members (excludes halogenated alkanes) is 2. The number of rotatable bonds is 23. The second-order valence-electron chi connectivity index (χ2n) is 15.5. The summed E-state index contributed by atoms with van der Waals surface area (Å²) >= 11 is 0. The molecule has 0 spiro atoms. The molecule has 1 saturated heterocycles. The van der Waals surface area contributed by atoms with Crippen LogP contribution in [0.2, 0.25) is 0 Å². The number of benzene rings is 1. The molecule has 1 aliphatic carbocycles. The molecule has 298 valence electrons. The van der Waals surface area contributed by atoms with Crippen molar-refractivity contribution in [3.05, 3.63) is 35.9 Å². The van der Waals surface area contributed by atoms with Crippen molar-refractivity contribution in [3.63, 3.8) is 0 Å². The summed E-state index contributed by atoms with van der Waals surface area (Å²) in [5.41, 5.74) is 0.168. The van der Waals surface area contributed by atoms with Crippen molar-refractivity contribution < 1.29 is 43.1 Å². The fraction of sp³-hybridized carbons (Fsp3) is 0.641. The number of ether oxygens (including phenoxy) is 1. The SMILES string of the molecule is CC(C)C1CC(=O)N(CCCCCC(=O)NCC(=O)NCC(=O)N[C@@H](Cc2ccccc2)C(=O)NCC(=O)NCO[C@@H](CC2CC2)C(=O)C(C)(C)C)C1=O. The molecule has 15 heteroatoms. The van der Waals surface area contributed by atoms with E-state index in [2.05, 4.69) is 26.6 Å². The second kappa shape index (κ2) is 21.3. The van der Waals surface area contributed by atoms with Crippen LogP contribution in [-0.2, 0) is 49.5 Å². The number of hydrogen-bond donors (Lipinski definition) is 5. The maximum atomic E-state index is 13.1. The number of imide groups is 1. The van der Waals surface area contributed by atoms with Gasteiger partial charge in [0.2, 0.25) is 41.4 Å². The third-order valence-electron chi connectivity index (χ3n) is 9.45. The lowest BCUT2D eigenvalue weighted by molar-refractivity contribution is -0.141. The fourth-order valence-corrected chi connectivity index (χ4v) is 5.98. The van der Waals surface area contributed by atoms with Gasteiger partial charge < -0.3 is 31.3 Å². The number of ketones is 1. The molecule has 2 fully saturated rings. The van der Waals surface area contributed by atoms with Gasteiger partial charge in [-0.3, -0.25) is 43.3 Å². The maximum Gasteiger partial charge on any atom is 0.243 e. The first-order chi connectivity index (χ1) is 25.5. The topological polar surface area (TPSA) is 209 Å². The molecular weight excluding hydrogens is 696 g/mol. The Morgan fingerprint density at radius 1 is 0.815 bits per heavy atom. The van der Waals surface area contributed by atoms with E-state index in [0.29, 0.717) is 38.1 Å². The molecule has 7 amide bonds. The van der Waals surface area contributed by atoms with Crippen LogP contribution in [0.15, 0.2) is 30.3 Å². The number of amides is 7. The normalized spacial score (nSPS) is 16.8. The van der Waals surface area contributed by atoms with Gasteiger partial charge >= 0.3 is 0 Å². The lowest BCUT2D eigenvalue weighted by atomic mass is 9.86. The van der Waals surface area contributed by atoms with Crippen LogP contribution in [0.1, 0.15) is 91.5 Å². The highest BCUT2D eigenvalue weighted by Crippen LogP contribution is 2.36. The van der Waals surface area contributed by atoms with Gasteiger partial charge in [-0.25, -0.2) is 0 Å². The Bertz CT molecular complexity index is 1490. The highest BCUT2D eigenvalue weighted by atomic mass is 16.5. The molecule has 5 N–H and O–H groups in total. The zero-order valence-corrected chi connectivity index (χ0v) is 32.3. The number of hydrogen-bond acceptors (Lipinski definition) is 9. The van der Waals surface area contributed by atoms with E-state index >= 15 is 0 Å². The molecule has 1 aromatic carbocycles. The Balaban J connectivity index is 1.36. The first-order valence-corrected chi connectivity index (χ1v) is 19.0. The van der Waals surface area contributed by atoms with Crippen molar-refractivity contribution in [1.29, 1.82) is 0 Å². The van der Waals surface area contributed by atoms with Gasteiger partial charge in [0.15, 0.2) is 5.78 Å². The largest absolute Gasteiger partial charge is 0.350 e. The highest BCUT2D eigenvalue weighted by molar-refractivity contribution is 6.03. The summed E-state index contributed by atoms with van der Waals surface area (Å²) in [7, 11) is 0. The van der Waals surface area contributed by atoms with E-state index in [-0.39, 0.29) is 67.9 Å². The lowest BCUT2D eigenvalue weighted by Crippen LogP contribution is -2.52. The van der Waals surface area contributed by atoms with Crippen molar-refractivity contribution >= 4 is 47.1 Å². The molecule has 1 aromatic rings. The van der Waals surface area contributed by atoms with Crippen molar-refractivity contribution in [1.82, 2.24) is 31.5 Å². The molecule has 1 unspecified atom stereocenters. The van der Waals surface area contributed by atoms with Crippen LogP contribution in [0.5, 0.6) is 0 Å². The summed E-state index contributed by atoms with van der Waals surface area (Å²) in [5, 5.41) is 12.6. The van der Waals surface area contributed by atoms with E-state index in [1.54, 1.807) is 24.3 Å². The molecule has 0 radical (unpaired) electrons. The molecular formula is C39H58N6O9. The van der Waals surface area contributed by atoms with E-state index < -0.39 is 54.3 Å². The van der Waals surface area contributed by atoms with Gasteiger partial charge in [0, 0.05) is 37.1 Å². The van der Waals surface area contributed by atoms with E-state index in [4.69, 9.17) is 4.74 Å². The summed E-state index contributed by atoms with van der Waals surface area (Å²) in [6.07, 6.45) is 4.33. The van der Waals surface area contributed by atoms with Gasteiger partial charge in [-0.15, -0.1) is 0 Å². The molecule has 1 heterocycles. The Kier molecular flexibility index (Phi) is 17.2. The molecule has 0 aromatic heterocycles. The van der Waals surface area contributed by atoms with Crippen LogP contribution in [-0.4, -0.2) is 97.1 Å². The fourth-order valence-electron chi connectivity index (χ4n) is 5.98. The summed E-state index contributed by atoms with van der Waals surface area (Å²) < 4.78 is 5.74. The summed E-state index contributed by atoms with van der Waals surface area (Å²) in [6.45, 7) is 8.26. The number of likely N-dealkylation sites (tertiary alicyclic amines) is 1. The van der Waals surface area contributed by atoms with Gasteiger partial charge in [0.1, 0.15) is 18.9 Å². The molecule has 54 heavy (non-hydrogen) atoms. The molecule has 3 rings (SSSR count). The Hall–Kier alpha value is -4.66. The zero-order valence-electron chi connectivity index (χ0n) is 32.3. The van der Waals surface area contributed by atoms with Gasteiger partial charge in [-0.05, 0) is 36.7 Å². The number of carbonyl (C=O) groups excluding carboxylic acids is 8. The Morgan fingerprint density at radius 2 is 1.44 bits per heavy atom. The molecule has 1 aliphatic heterocycles. The number of nitrogens with one attached hydrogen (secondary N) is 5. The van der Waals surface area contributed by atoms with Gasteiger partial charge in [-0.2, -0.15) is 0 Å². The molecule has 0 bridgehead atoms. The van der Waals surface area contributed by atoms with Crippen molar-refractivity contribution in [3.8, 4) is 0 Å². The third-order valence-corrected chi connectivity index (χ3v) is 9.45.